The molecule has 0 spiro atoms. The number of nitrogens with one attached hydrogen (secondary N) is 1. The van der Waals surface area contributed by atoms with E-state index < -0.39 is 0 Å². The van der Waals surface area contributed by atoms with Gasteiger partial charge in [-0.15, -0.1) is 0 Å². The van der Waals surface area contributed by atoms with Crippen LogP contribution < -0.4 is 10.1 Å². The molecule has 33 heavy (non-hydrogen) atoms. The lowest BCUT2D eigenvalue weighted by Crippen LogP contribution is -2.35. The zero-order valence-electron chi connectivity index (χ0n) is 19.1. The predicted molar refractivity (Wildman–Crippen MR) is 132 cm³/mol. The number of carbonyl (C=O) groups is 2. The minimum Gasteiger partial charge on any atom is -0.408 e. The second kappa shape index (κ2) is 10.3. The first-order chi connectivity index (χ1) is 16.0. The number of aromatic nitrogens is 1. The van der Waals surface area contributed by atoms with Crippen LogP contribution in [0.5, 0.6) is 5.75 Å². The highest BCUT2D eigenvalue weighted by molar-refractivity contribution is 6.30. The van der Waals surface area contributed by atoms with Crippen LogP contribution in [0.2, 0.25) is 5.02 Å². The molecule has 0 radical (unpaired) electrons. The molecular weight excluding hydrogens is 438 g/mol. The molecule has 0 bridgehead atoms. The van der Waals surface area contributed by atoms with E-state index in [2.05, 4.69) is 9.88 Å². The molecule has 1 fully saturated rings. The summed E-state index contributed by atoms with van der Waals surface area (Å²) in [5.74, 6) is 0.392. The summed E-state index contributed by atoms with van der Waals surface area (Å²) in [6.45, 7) is 6.00. The van der Waals surface area contributed by atoms with Gasteiger partial charge in [-0.3, -0.25) is 4.79 Å². The molecule has 1 aromatic heterocycles. The Hall–Kier alpha value is -2.99. The van der Waals surface area contributed by atoms with Crippen molar-refractivity contribution in [2.75, 3.05) is 18.4 Å². The Morgan fingerprint density at radius 1 is 1.06 bits per heavy atom. The van der Waals surface area contributed by atoms with Gasteiger partial charge in [0.05, 0.1) is 11.2 Å². The molecular formula is C26H30ClN3O3. The molecule has 0 saturated heterocycles. The summed E-state index contributed by atoms with van der Waals surface area (Å²) < 4.78 is 7.92. The number of hydrogen-bond donors (Lipinski definition) is 1. The highest BCUT2D eigenvalue weighted by atomic mass is 35.5. The third kappa shape index (κ3) is 5.50. The fourth-order valence-corrected chi connectivity index (χ4v) is 4.08. The molecule has 1 aliphatic carbocycles. The van der Waals surface area contributed by atoms with Crippen molar-refractivity contribution in [1.29, 1.82) is 0 Å². The topological polar surface area (TPSA) is 63.6 Å². The zero-order valence-corrected chi connectivity index (χ0v) is 19.9. The maximum Gasteiger partial charge on any atom is 0.415 e. The van der Waals surface area contributed by atoms with Crippen molar-refractivity contribution in [1.82, 2.24) is 9.47 Å². The van der Waals surface area contributed by atoms with E-state index in [0.717, 1.165) is 42.1 Å². The van der Waals surface area contributed by atoms with Crippen molar-refractivity contribution in [3.63, 3.8) is 0 Å². The van der Waals surface area contributed by atoms with Crippen molar-refractivity contribution in [2.24, 2.45) is 5.92 Å². The third-order valence-electron chi connectivity index (χ3n) is 5.82. The van der Waals surface area contributed by atoms with Crippen molar-refractivity contribution in [3.05, 3.63) is 59.2 Å². The Morgan fingerprint density at radius 2 is 1.76 bits per heavy atom. The number of halogens is 1. The molecule has 1 N–H and O–H groups in total. The van der Waals surface area contributed by atoms with Gasteiger partial charge in [-0.25, -0.2) is 4.79 Å². The maximum atomic E-state index is 12.9. The van der Waals surface area contributed by atoms with Crippen LogP contribution in [-0.2, 0) is 11.3 Å². The van der Waals surface area contributed by atoms with Gasteiger partial charge in [-0.05, 0) is 61.6 Å². The molecule has 1 saturated carbocycles. The number of amides is 2. The van der Waals surface area contributed by atoms with E-state index in [0.29, 0.717) is 36.1 Å². The number of benzene rings is 2. The van der Waals surface area contributed by atoms with Gasteiger partial charge in [0.15, 0.2) is 5.75 Å². The van der Waals surface area contributed by atoms with E-state index in [1.165, 1.54) is 0 Å². The van der Waals surface area contributed by atoms with Crippen LogP contribution in [0.1, 0.15) is 45.1 Å². The minimum atomic E-state index is -0.388. The minimum absolute atomic E-state index is 0.0239. The quantitative estimate of drug-likeness (QED) is 0.401. The van der Waals surface area contributed by atoms with E-state index in [1.807, 2.05) is 56.4 Å². The standard InChI is InChI=1S/C26H30ClN3O3/c1-3-14-29(15-4-2)26(32)33-23-12-11-22-21(24(23)28-25(31)19-7-8-19)13-16-30(22)17-18-5-9-20(27)10-6-18/h5-6,9-13,16,19H,3-4,7-8,14-15,17H2,1-2H3,(H,28,31). The van der Waals surface area contributed by atoms with Crippen molar-refractivity contribution in [2.45, 2.75) is 46.1 Å². The summed E-state index contributed by atoms with van der Waals surface area (Å²) in [4.78, 5) is 27.2. The Kier molecular flexibility index (Phi) is 7.23. The Balaban J connectivity index is 1.66. The van der Waals surface area contributed by atoms with Crippen LogP contribution in [0.4, 0.5) is 10.5 Å². The van der Waals surface area contributed by atoms with E-state index >= 15 is 0 Å². The smallest absolute Gasteiger partial charge is 0.408 e. The second-order valence-corrected chi connectivity index (χ2v) is 9.00. The summed E-state index contributed by atoms with van der Waals surface area (Å²) in [6, 6.07) is 13.4. The fraction of sp³-hybridized carbons (Fsp3) is 0.385. The lowest BCUT2D eigenvalue weighted by molar-refractivity contribution is -0.117. The summed E-state index contributed by atoms with van der Waals surface area (Å²) >= 11 is 6.02. The molecule has 3 aromatic rings. The average molecular weight is 468 g/mol. The molecule has 2 aromatic carbocycles. The molecule has 0 aliphatic heterocycles. The predicted octanol–water partition coefficient (Wildman–Crippen LogP) is 6.31. The van der Waals surface area contributed by atoms with Gasteiger partial charge in [0.25, 0.3) is 0 Å². The highest BCUT2D eigenvalue weighted by Gasteiger charge is 2.31. The van der Waals surface area contributed by atoms with Gasteiger partial charge in [0.1, 0.15) is 0 Å². The number of fused-ring (bicyclic) bond motifs is 1. The largest absolute Gasteiger partial charge is 0.415 e. The molecule has 2 amide bonds. The normalized spacial score (nSPS) is 13.2. The lowest BCUT2D eigenvalue weighted by atomic mass is 10.1. The number of rotatable bonds is 9. The number of ether oxygens (including phenoxy) is 1. The molecule has 0 unspecified atom stereocenters. The molecule has 174 valence electrons. The Labute approximate surface area is 199 Å². The van der Waals surface area contributed by atoms with Crippen LogP contribution >= 0.6 is 11.6 Å². The molecule has 0 atom stereocenters. The number of anilines is 1. The van der Waals surface area contributed by atoms with Crippen LogP contribution in [0.15, 0.2) is 48.7 Å². The van der Waals surface area contributed by atoms with Crippen molar-refractivity contribution < 1.29 is 14.3 Å². The van der Waals surface area contributed by atoms with Crippen molar-refractivity contribution in [3.8, 4) is 5.75 Å². The Morgan fingerprint density at radius 3 is 2.39 bits per heavy atom. The summed E-state index contributed by atoms with van der Waals surface area (Å²) in [5, 5.41) is 4.59. The fourth-order valence-electron chi connectivity index (χ4n) is 3.95. The summed E-state index contributed by atoms with van der Waals surface area (Å²) in [6.07, 6.45) is 5.10. The molecule has 7 heteroatoms. The highest BCUT2D eigenvalue weighted by Crippen LogP contribution is 2.37. The first-order valence-corrected chi connectivity index (χ1v) is 12.0. The number of hydrogen-bond acceptors (Lipinski definition) is 3. The summed E-state index contributed by atoms with van der Waals surface area (Å²) in [7, 11) is 0. The first-order valence-electron chi connectivity index (χ1n) is 11.6. The van der Waals surface area contributed by atoms with E-state index in [1.54, 1.807) is 11.0 Å². The van der Waals surface area contributed by atoms with E-state index in [4.69, 9.17) is 16.3 Å². The molecule has 4 rings (SSSR count). The Bertz CT molecular complexity index is 1130. The summed E-state index contributed by atoms with van der Waals surface area (Å²) in [5.41, 5.74) is 2.63. The SMILES string of the molecule is CCCN(CCC)C(=O)Oc1ccc2c(ccn2Cc2ccc(Cl)cc2)c1NC(=O)C1CC1. The molecule has 1 heterocycles. The van der Waals surface area contributed by atoms with Crippen LogP contribution in [0.25, 0.3) is 10.9 Å². The van der Waals surface area contributed by atoms with Crippen LogP contribution in [0.3, 0.4) is 0 Å². The lowest BCUT2D eigenvalue weighted by Gasteiger charge is -2.22. The van der Waals surface area contributed by atoms with Gasteiger partial charge >= 0.3 is 6.09 Å². The van der Waals surface area contributed by atoms with Gasteiger partial charge in [0.2, 0.25) is 5.91 Å². The van der Waals surface area contributed by atoms with Gasteiger partial charge in [-0.2, -0.15) is 0 Å². The first kappa shape index (κ1) is 23.2. The molecule has 6 nitrogen and oxygen atoms in total. The average Bonchev–Trinajstić information content (AvgIpc) is 3.58. The van der Waals surface area contributed by atoms with Crippen LogP contribution in [0, 0.1) is 5.92 Å². The van der Waals surface area contributed by atoms with Gasteiger partial charge in [0, 0.05) is 42.2 Å². The van der Waals surface area contributed by atoms with Crippen LogP contribution in [-0.4, -0.2) is 34.6 Å². The number of nitrogens with zero attached hydrogens (tertiary/aromatic N) is 2. The van der Waals surface area contributed by atoms with E-state index in [9.17, 15) is 9.59 Å². The molecule has 1 aliphatic rings. The number of carbonyl (C=O) groups excluding carboxylic acids is 2. The third-order valence-corrected chi connectivity index (χ3v) is 6.07. The van der Waals surface area contributed by atoms with Crippen molar-refractivity contribution >= 4 is 40.2 Å². The second-order valence-electron chi connectivity index (χ2n) is 8.56. The monoisotopic (exact) mass is 467 g/mol. The van der Waals surface area contributed by atoms with Gasteiger partial charge < -0.3 is 19.5 Å². The van der Waals surface area contributed by atoms with Gasteiger partial charge in [-0.1, -0.05) is 37.6 Å². The zero-order chi connectivity index (χ0) is 23.4. The maximum absolute atomic E-state index is 12.9. The van der Waals surface area contributed by atoms with E-state index in [-0.39, 0.29) is 17.9 Å².